The van der Waals surface area contributed by atoms with Crippen molar-refractivity contribution in [1.82, 2.24) is 9.80 Å². The Bertz CT molecular complexity index is 847. The van der Waals surface area contributed by atoms with Gasteiger partial charge in [0, 0.05) is 19.2 Å². The van der Waals surface area contributed by atoms with Crippen LogP contribution in [-0.2, 0) is 9.59 Å². The highest BCUT2D eigenvalue weighted by molar-refractivity contribution is 8.18. The first-order chi connectivity index (χ1) is 12.9. The van der Waals surface area contributed by atoms with Gasteiger partial charge in [-0.05, 0) is 48.7 Å². The Balaban J connectivity index is 1.75. The second kappa shape index (κ2) is 7.78. The van der Waals surface area contributed by atoms with Crippen molar-refractivity contribution in [3.05, 3.63) is 38.8 Å². The van der Waals surface area contributed by atoms with Gasteiger partial charge in [0.05, 0.1) is 9.83 Å². The minimum atomic E-state index is -0.740. The molecule has 9 nitrogen and oxygen atoms in total. The van der Waals surface area contributed by atoms with Gasteiger partial charge in [0.25, 0.3) is 11.1 Å². The summed E-state index contributed by atoms with van der Waals surface area (Å²) in [5.74, 6) is -1.36. The Morgan fingerprint density at radius 1 is 1.26 bits per heavy atom. The van der Waals surface area contributed by atoms with Crippen molar-refractivity contribution in [2.24, 2.45) is 0 Å². The second-order valence-corrected chi connectivity index (χ2v) is 7.21. The molecule has 2 aliphatic heterocycles. The third-order valence-corrected chi connectivity index (χ3v) is 5.28. The zero-order valence-corrected chi connectivity index (χ0v) is 15.1. The van der Waals surface area contributed by atoms with Crippen LogP contribution in [0, 0.1) is 10.1 Å². The van der Waals surface area contributed by atoms with Gasteiger partial charge in [-0.3, -0.25) is 29.4 Å². The van der Waals surface area contributed by atoms with E-state index < -0.39 is 27.5 Å². The first-order valence-electron chi connectivity index (χ1n) is 8.37. The van der Waals surface area contributed by atoms with Crippen LogP contribution in [0.15, 0.2) is 23.1 Å². The Kier molecular flexibility index (Phi) is 5.45. The summed E-state index contributed by atoms with van der Waals surface area (Å²) in [6.07, 6.45) is 4.22. The molecule has 0 spiro atoms. The third-order valence-electron chi connectivity index (χ3n) is 4.37. The molecule has 3 amide bonds. The maximum absolute atomic E-state index is 12.5. The van der Waals surface area contributed by atoms with Gasteiger partial charge in [0.2, 0.25) is 5.91 Å². The number of imide groups is 1. The summed E-state index contributed by atoms with van der Waals surface area (Å²) < 4.78 is 0. The Hall–Kier alpha value is -2.88. The van der Waals surface area contributed by atoms with E-state index in [1.165, 1.54) is 12.1 Å². The van der Waals surface area contributed by atoms with E-state index >= 15 is 0 Å². The van der Waals surface area contributed by atoms with E-state index in [1.54, 1.807) is 4.90 Å². The predicted octanol–water partition coefficient (Wildman–Crippen LogP) is 2.35. The monoisotopic (exact) mass is 391 g/mol. The number of aromatic hydroxyl groups is 1. The molecule has 1 N–H and O–H groups in total. The fraction of sp³-hybridized carbons (Fsp3) is 0.353. The molecule has 0 radical (unpaired) electrons. The number of likely N-dealkylation sites (tertiary alicyclic amines) is 1. The topological polar surface area (TPSA) is 121 Å². The molecule has 0 saturated carbocycles. The number of hydrogen-bond acceptors (Lipinski definition) is 7. The number of nitrogens with zero attached hydrogens (tertiary/aromatic N) is 3. The van der Waals surface area contributed by atoms with Crippen LogP contribution in [0.4, 0.5) is 10.5 Å². The SMILES string of the molecule is O=C(CN1C(=O)S/C(=C\c2ccc(O)c([N+](=O)[O-])c2)C1=O)N1CCCCC1. The molecular formula is C17H17N3O6S. The molecule has 0 unspecified atom stereocenters. The maximum atomic E-state index is 12.5. The van der Waals surface area contributed by atoms with Crippen LogP contribution in [0.2, 0.25) is 0 Å². The minimum absolute atomic E-state index is 0.0754. The van der Waals surface area contributed by atoms with E-state index in [1.807, 2.05) is 0 Å². The van der Waals surface area contributed by atoms with Gasteiger partial charge in [-0.25, -0.2) is 0 Å². The van der Waals surface area contributed by atoms with E-state index in [0.29, 0.717) is 30.4 Å². The molecule has 3 rings (SSSR count). The standard InChI is InChI=1S/C17H17N3O6S/c21-13-5-4-11(8-12(13)20(25)26)9-14-16(23)19(17(24)27-14)10-15(22)18-6-2-1-3-7-18/h4-5,8-9,21H,1-3,6-7,10H2/b14-9-. The number of thioether (sulfide) groups is 1. The van der Waals surface area contributed by atoms with Crippen LogP contribution < -0.4 is 0 Å². The first-order valence-corrected chi connectivity index (χ1v) is 9.19. The molecule has 1 aromatic carbocycles. The zero-order chi connectivity index (χ0) is 19.6. The normalized spacial score (nSPS) is 19.0. The highest BCUT2D eigenvalue weighted by atomic mass is 32.2. The van der Waals surface area contributed by atoms with Crippen molar-refractivity contribution in [2.45, 2.75) is 19.3 Å². The minimum Gasteiger partial charge on any atom is -0.502 e. The van der Waals surface area contributed by atoms with Crippen LogP contribution >= 0.6 is 11.8 Å². The summed E-state index contributed by atoms with van der Waals surface area (Å²) in [5, 5.41) is 19.8. The summed E-state index contributed by atoms with van der Waals surface area (Å²) in [7, 11) is 0. The number of rotatable bonds is 4. The van der Waals surface area contributed by atoms with Crippen LogP contribution in [0.5, 0.6) is 5.75 Å². The lowest BCUT2D eigenvalue weighted by Crippen LogP contribution is -2.44. The van der Waals surface area contributed by atoms with Crippen LogP contribution in [0.3, 0.4) is 0 Å². The van der Waals surface area contributed by atoms with Crippen molar-refractivity contribution in [1.29, 1.82) is 0 Å². The van der Waals surface area contributed by atoms with E-state index in [0.717, 1.165) is 36.3 Å². The molecular weight excluding hydrogens is 374 g/mol. The number of carbonyl (C=O) groups is 3. The van der Waals surface area contributed by atoms with E-state index in [4.69, 9.17) is 0 Å². The summed E-state index contributed by atoms with van der Waals surface area (Å²) >= 11 is 0.679. The fourth-order valence-electron chi connectivity index (χ4n) is 2.94. The molecule has 0 atom stereocenters. The molecule has 2 heterocycles. The van der Waals surface area contributed by atoms with Crippen molar-refractivity contribution < 1.29 is 24.4 Å². The maximum Gasteiger partial charge on any atom is 0.311 e. The number of carbonyl (C=O) groups excluding carboxylic acids is 3. The average Bonchev–Trinajstić information content (AvgIpc) is 2.91. The number of amides is 3. The van der Waals surface area contributed by atoms with Crippen LogP contribution in [0.25, 0.3) is 6.08 Å². The fourth-order valence-corrected chi connectivity index (χ4v) is 3.78. The van der Waals surface area contributed by atoms with Gasteiger partial charge in [0.15, 0.2) is 5.75 Å². The highest BCUT2D eigenvalue weighted by Gasteiger charge is 2.37. The zero-order valence-electron chi connectivity index (χ0n) is 14.3. The lowest BCUT2D eigenvalue weighted by Gasteiger charge is -2.27. The molecule has 0 aromatic heterocycles. The van der Waals surface area contributed by atoms with Crippen molar-refractivity contribution >= 4 is 40.6 Å². The average molecular weight is 391 g/mol. The largest absolute Gasteiger partial charge is 0.502 e. The Morgan fingerprint density at radius 2 is 1.96 bits per heavy atom. The molecule has 1 aromatic rings. The summed E-state index contributed by atoms with van der Waals surface area (Å²) in [4.78, 5) is 49.7. The summed E-state index contributed by atoms with van der Waals surface area (Å²) in [6.45, 7) is 0.946. The molecule has 10 heteroatoms. The molecule has 2 fully saturated rings. The van der Waals surface area contributed by atoms with Crippen LogP contribution in [0.1, 0.15) is 24.8 Å². The number of piperidine rings is 1. The van der Waals surface area contributed by atoms with Gasteiger partial charge in [-0.15, -0.1) is 0 Å². The lowest BCUT2D eigenvalue weighted by atomic mass is 10.1. The van der Waals surface area contributed by atoms with Gasteiger partial charge in [-0.2, -0.15) is 0 Å². The number of benzene rings is 1. The number of hydrogen-bond donors (Lipinski definition) is 1. The molecule has 27 heavy (non-hydrogen) atoms. The second-order valence-electron chi connectivity index (χ2n) is 6.21. The number of phenols is 1. The van der Waals surface area contributed by atoms with Gasteiger partial charge in [0.1, 0.15) is 6.54 Å². The van der Waals surface area contributed by atoms with Crippen molar-refractivity contribution in [3.8, 4) is 5.75 Å². The number of nitro benzene ring substituents is 1. The number of nitro groups is 1. The molecule has 2 aliphatic rings. The Labute approximate surface area is 158 Å². The van der Waals surface area contributed by atoms with Gasteiger partial charge < -0.3 is 10.0 Å². The lowest BCUT2D eigenvalue weighted by molar-refractivity contribution is -0.385. The van der Waals surface area contributed by atoms with E-state index in [-0.39, 0.29) is 17.4 Å². The van der Waals surface area contributed by atoms with E-state index in [2.05, 4.69) is 0 Å². The van der Waals surface area contributed by atoms with Gasteiger partial charge >= 0.3 is 5.69 Å². The smallest absolute Gasteiger partial charge is 0.311 e. The van der Waals surface area contributed by atoms with Crippen molar-refractivity contribution in [3.63, 3.8) is 0 Å². The molecule has 2 saturated heterocycles. The highest BCUT2D eigenvalue weighted by Crippen LogP contribution is 2.34. The number of phenolic OH excluding ortho intramolecular Hbond substituents is 1. The van der Waals surface area contributed by atoms with E-state index in [9.17, 15) is 29.6 Å². The first kappa shape index (κ1) is 18.9. The summed E-state index contributed by atoms with van der Waals surface area (Å²) in [6, 6.07) is 3.66. The molecule has 0 bridgehead atoms. The van der Waals surface area contributed by atoms with Crippen LogP contribution in [-0.4, -0.2) is 56.5 Å². The van der Waals surface area contributed by atoms with Crippen molar-refractivity contribution in [2.75, 3.05) is 19.6 Å². The molecule has 142 valence electrons. The quantitative estimate of drug-likeness (QED) is 0.475. The molecule has 0 aliphatic carbocycles. The predicted molar refractivity (Wildman–Crippen MR) is 97.9 cm³/mol. The summed E-state index contributed by atoms with van der Waals surface area (Å²) in [5.41, 5.74) is -0.199. The van der Waals surface area contributed by atoms with Gasteiger partial charge in [-0.1, -0.05) is 6.07 Å². The third kappa shape index (κ3) is 4.11. The Morgan fingerprint density at radius 3 is 2.63 bits per heavy atom.